The van der Waals surface area contributed by atoms with Crippen LogP contribution in [0.1, 0.15) is 0 Å². The highest BCUT2D eigenvalue weighted by molar-refractivity contribution is 5.86. The molecule has 0 aliphatic carbocycles. The van der Waals surface area contributed by atoms with Gasteiger partial charge in [-0.05, 0) is 0 Å². The molecular formula is C3N2O2. The normalized spacial score (nSPS) is 5.43. The topological polar surface area (TPSA) is 73.9 Å². The molecule has 0 saturated carbocycles. The molecule has 0 saturated heterocycles. The lowest BCUT2D eigenvalue weighted by molar-refractivity contribution is -0.130. The van der Waals surface area contributed by atoms with Crippen LogP contribution >= 0.6 is 0 Å². The van der Waals surface area contributed by atoms with Crippen LogP contribution in [0.2, 0.25) is 0 Å². The van der Waals surface area contributed by atoms with E-state index in [0.29, 0.717) is 0 Å². The van der Waals surface area contributed by atoms with Crippen LogP contribution < -0.4 is 0 Å². The van der Waals surface area contributed by atoms with Gasteiger partial charge in [0.15, 0.2) is 6.07 Å². The molecule has 0 bridgehead atoms. The van der Waals surface area contributed by atoms with Crippen molar-refractivity contribution in [2.24, 2.45) is 0 Å². The molecule has 0 N–H and O–H groups in total. The Balaban J connectivity index is 3.50. The molecule has 0 aromatic carbocycles. The summed E-state index contributed by atoms with van der Waals surface area (Å²) in [5.74, 6) is -1.18. The van der Waals surface area contributed by atoms with Crippen molar-refractivity contribution in [2.75, 3.05) is 0 Å². The number of ether oxygens (including phenoxy) is 1. The number of carbonyl (C=O) groups excluding carboxylic acids is 1. The van der Waals surface area contributed by atoms with Gasteiger partial charge in [-0.15, -0.1) is 5.26 Å². The van der Waals surface area contributed by atoms with E-state index >= 15 is 0 Å². The van der Waals surface area contributed by atoms with E-state index in [4.69, 9.17) is 10.5 Å². The Morgan fingerprint density at radius 3 is 2.29 bits per heavy atom. The summed E-state index contributed by atoms with van der Waals surface area (Å²) in [6, 6.07) is 1.08. The monoisotopic (exact) mass is 96.0 g/mol. The van der Waals surface area contributed by atoms with Gasteiger partial charge in [0.05, 0.1) is 0 Å². The molecule has 7 heavy (non-hydrogen) atoms. The lowest BCUT2D eigenvalue weighted by Crippen LogP contribution is -1.92. The first kappa shape index (κ1) is 5.45. The van der Waals surface area contributed by atoms with E-state index in [9.17, 15) is 4.79 Å². The van der Waals surface area contributed by atoms with E-state index in [1.807, 2.05) is 0 Å². The summed E-state index contributed by atoms with van der Waals surface area (Å²) < 4.78 is 3.50. The number of carbonyl (C=O) groups is 1. The van der Waals surface area contributed by atoms with E-state index in [1.165, 1.54) is 0 Å². The van der Waals surface area contributed by atoms with Gasteiger partial charge in [0.1, 0.15) is 0 Å². The van der Waals surface area contributed by atoms with Crippen LogP contribution in [0.3, 0.4) is 0 Å². The number of nitriles is 2. The first-order valence-electron chi connectivity index (χ1n) is 1.31. The standard InChI is InChI=1S/C3N2O2/c4-1-3(6)7-2-5. The summed E-state index contributed by atoms with van der Waals surface area (Å²) in [5, 5.41) is 15.1. The van der Waals surface area contributed by atoms with Gasteiger partial charge in [-0.25, -0.2) is 4.79 Å². The molecule has 0 aromatic rings. The molecule has 34 valence electrons. The summed E-state index contributed by atoms with van der Waals surface area (Å²) in [7, 11) is 0. The highest BCUT2D eigenvalue weighted by atomic mass is 16.5. The van der Waals surface area contributed by atoms with E-state index in [0.717, 1.165) is 12.3 Å². The zero-order valence-electron chi connectivity index (χ0n) is 3.21. The van der Waals surface area contributed by atoms with Crippen LogP contribution in [0.25, 0.3) is 0 Å². The smallest absolute Gasteiger partial charge is 0.339 e. The highest BCUT2D eigenvalue weighted by Crippen LogP contribution is 1.66. The van der Waals surface area contributed by atoms with Gasteiger partial charge < -0.3 is 4.74 Å². The lowest BCUT2D eigenvalue weighted by atomic mass is 10.8. The molecule has 0 aromatic heterocycles. The van der Waals surface area contributed by atoms with Crippen molar-refractivity contribution < 1.29 is 9.53 Å². The summed E-state index contributed by atoms with van der Waals surface area (Å²) in [5.41, 5.74) is 0. The fourth-order valence-corrected chi connectivity index (χ4v) is 0.0643. The zero-order valence-corrected chi connectivity index (χ0v) is 3.21. The van der Waals surface area contributed by atoms with Crippen molar-refractivity contribution in [2.45, 2.75) is 0 Å². The minimum absolute atomic E-state index is 1.05. The quantitative estimate of drug-likeness (QED) is 0.232. The molecule has 0 atom stereocenters. The maximum atomic E-state index is 9.61. The Morgan fingerprint density at radius 1 is 1.57 bits per heavy atom. The van der Waals surface area contributed by atoms with E-state index in [-0.39, 0.29) is 0 Å². The molecule has 0 aliphatic heterocycles. The van der Waals surface area contributed by atoms with Crippen molar-refractivity contribution >= 4 is 5.97 Å². The maximum Gasteiger partial charge on any atom is 0.426 e. The van der Waals surface area contributed by atoms with Gasteiger partial charge in [0.2, 0.25) is 0 Å². The molecule has 0 unspecified atom stereocenters. The van der Waals surface area contributed by atoms with Crippen molar-refractivity contribution in [3.05, 3.63) is 0 Å². The molecule has 0 radical (unpaired) electrons. The lowest BCUT2D eigenvalue weighted by Gasteiger charge is -1.72. The third kappa shape index (κ3) is 2.24. The predicted molar refractivity (Wildman–Crippen MR) is 17.3 cm³/mol. The maximum absolute atomic E-state index is 9.61. The van der Waals surface area contributed by atoms with Gasteiger partial charge in [-0.1, -0.05) is 0 Å². The van der Waals surface area contributed by atoms with Crippen molar-refractivity contribution in [1.82, 2.24) is 0 Å². The second kappa shape index (κ2) is 2.67. The van der Waals surface area contributed by atoms with Gasteiger partial charge in [-0.2, -0.15) is 5.26 Å². The molecule has 0 aliphatic rings. The number of esters is 1. The minimum Gasteiger partial charge on any atom is -0.339 e. The summed E-state index contributed by atoms with van der Waals surface area (Å²) in [4.78, 5) is 9.61. The van der Waals surface area contributed by atoms with Crippen LogP contribution in [-0.4, -0.2) is 5.97 Å². The third-order valence-electron chi connectivity index (χ3n) is 0.230. The fraction of sp³-hybridized carbons (Fsp3) is 0. The predicted octanol–water partition coefficient (Wildman–Crippen LogP) is -0.466. The van der Waals surface area contributed by atoms with E-state index < -0.39 is 5.97 Å². The Bertz CT molecular complexity index is 149. The molecule has 4 heteroatoms. The molecule has 0 spiro atoms. The first-order chi connectivity index (χ1) is 3.31. The highest BCUT2D eigenvalue weighted by Gasteiger charge is 1.93. The van der Waals surface area contributed by atoms with Crippen LogP contribution in [0.5, 0.6) is 0 Å². The molecular weight excluding hydrogens is 96.0 g/mol. The minimum atomic E-state index is -1.18. The van der Waals surface area contributed by atoms with Crippen molar-refractivity contribution in [3.8, 4) is 12.3 Å². The van der Waals surface area contributed by atoms with Gasteiger partial charge in [-0.3, -0.25) is 0 Å². The summed E-state index contributed by atoms with van der Waals surface area (Å²) >= 11 is 0. The Kier molecular flexibility index (Phi) is 2.08. The van der Waals surface area contributed by atoms with Gasteiger partial charge in [0, 0.05) is 0 Å². The molecule has 0 heterocycles. The zero-order chi connectivity index (χ0) is 5.70. The van der Waals surface area contributed by atoms with Gasteiger partial charge >= 0.3 is 5.97 Å². The molecule has 4 nitrogen and oxygen atoms in total. The second-order valence-corrected chi connectivity index (χ2v) is 0.593. The molecule has 0 amide bonds. The van der Waals surface area contributed by atoms with Crippen LogP contribution in [-0.2, 0) is 9.53 Å². The average Bonchev–Trinajstić information content (AvgIpc) is 1.68. The third-order valence-corrected chi connectivity index (χ3v) is 0.230. The average molecular weight is 96.0 g/mol. The first-order valence-corrected chi connectivity index (χ1v) is 1.31. The van der Waals surface area contributed by atoms with Gasteiger partial charge in [0.25, 0.3) is 6.26 Å². The fourth-order valence-electron chi connectivity index (χ4n) is 0.0643. The summed E-state index contributed by atoms with van der Waals surface area (Å²) in [6.07, 6.45) is 1.05. The van der Waals surface area contributed by atoms with E-state index in [1.54, 1.807) is 0 Å². The largest absolute Gasteiger partial charge is 0.426 e. The Labute approximate surface area is 39.5 Å². The molecule has 0 fully saturated rings. The Hall–Kier alpha value is -1.55. The number of nitrogens with zero attached hydrogens (tertiary/aromatic N) is 2. The SMILES string of the molecule is N#COC(=O)C#N. The summed E-state index contributed by atoms with van der Waals surface area (Å²) in [6.45, 7) is 0. The second-order valence-electron chi connectivity index (χ2n) is 0.593. The number of hydrogen-bond donors (Lipinski definition) is 0. The van der Waals surface area contributed by atoms with Crippen LogP contribution in [0, 0.1) is 22.8 Å². The van der Waals surface area contributed by atoms with Crippen LogP contribution in [0.4, 0.5) is 0 Å². The van der Waals surface area contributed by atoms with Crippen molar-refractivity contribution in [1.29, 1.82) is 10.5 Å². The van der Waals surface area contributed by atoms with Crippen LogP contribution in [0.15, 0.2) is 0 Å². The van der Waals surface area contributed by atoms with E-state index in [2.05, 4.69) is 4.74 Å². The molecule has 0 rings (SSSR count). The Morgan fingerprint density at radius 2 is 2.14 bits per heavy atom. The van der Waals surface area contributed by atoms with Crippen molar-refractivity contribution in [3.63, 3.8) is 0 Å². The number of hydrogen-bond acceptors (Lipinski definition) is 4. The number of rotatable bonds is 0.